The molecule has 0 radical (unpaired) electrons. The number of carbonyl (C=O) groups excluding carboxylic acids is 2. The van der Waals surface area contributed by atoms with Gasteiger partial charge in [0, 0.05) is 16.6 Å². The van der Waals surface area contributed by atoms with Crippen LogP contribution in [0.4, 0.5) is 5.00 Å². The Balaban J connectivity index is 1.66. The van der Waals surface area contributed by atoms with E-state index < -0.39 is 0 Å². The Morgan fingerprint density at radius 1 is 1.15 bits per heavy atom. The molecule has 1 aromatic carbocycles. The summed E-state index contributed by atoms with van der Waals surface area (Å²) in [7, 11) is 0. The van der Waals surface area contributed by atoms with Crippen molar-refractivity contribution in [1.82, 2.24) is 5.32 Å². The minimum Gasteiger partial charge on any atom is -0.459 e. The van der Waals surface area contributed by atoms with Crippen molar-refractivity contribution in [2.45, 2.75) is 13.5 Å². The van der Waals surface area contributed by atoms with Crippen LogP contribution in [-0.4, -0.2) is 11.8 Å². The van der Waals surface area contributed by atoms with Gasteiger partial charge in [0.05, 0.1) is 16.1 Å². The summed E-state index contributed by atoms with van der Waals surface area (Å²) < 4.78 is 5.05. The van der Waals surface area contributed by atoms with E-state index in [0.29, 0.717) is 19.9 Å². The zero-order chi connectivity index (χ0) is 18.7. The summed E-state index contributed by atoms with van der Waals surface area (Å²) in [5, 5.41) is 7.14. The average molecular weight is 409 g/mol. The van der Waals surface area contributed by atoms with Gasteiger partial charge in [-0.1, -0.05) is 29.3 Å². The normalized spacial score (nSPS) is 10.6. The first-order chi connectivity index (χ1) is 12.4. The second kappa shape index (κ2) is 7.95. The van der Waals surface area contributed by atoms with Gasteiger partial charge in [0.15, 0.2) is 5.76 Å². The number of nitrogens with one attached hydrogen (secondary N) is 2. The Labute approximate surface area is 163 Å². The van der Waals surface area contributed by atoms with Gasteiger partial charge in [-0.2, -0.15) is 0 Å². The summed E-state index contributed by atoms with van der Waals surface area (Å²) >= 11 is 13.2. The standard InChI is InChI=1S/C18H14Cl2N2O3S/c1-10-7-15(22-17(23)14-3-2-6-25-14)26-16(10)18(24)21-9-11-4-5-12(19)8-13(11)20/h2-8H,9H2,1H3,(H,21,24)(H,22,23). The predicted molar refractivity (Wildman–Crippen MR) is 103 cm³/mol. The number of carbonyl (C=O) groups is 2. The van der Waals surface area contributed by atoms with Gasteiger partial charge in [0.25, 0.3) is 11.8 Å². The van der Waals surface area contributed by atoms with Crippen molar-refractivity contribution in [3.05, 3.63) is 74.5 Å². The summed E-state index contributed by atoms with van der Waals surface area (Å²) in [5.41, 5.74) is 1.54. The van der Waals surface area contributed by atoms with Gasteiger partial charge in [0.2, 0.25) is 0 Å². The number of furan rings is 1. The molecule has 134 valence electrons. The fourth-order valence-electron chi connectivity index (χ4n) is 2.27. The van der Waals surface area contributed by atoms with Crippen LogP contribution >= 0.6 is 34.5 Å². The van der Waals surface area contributed by atoms with Crippen LogP contribution in [0.3, 0.4) is 0 Å². The number of anilines is 1. The summed E-state index contributed by atoms with van der Waals surface area (Å²) in [6.45, 7) is 2.09. The third-order valence-corrected chi connectivity index (χ3v) is 5.30. The first-order valence-corrected chi connectivity index (χ1v) is 9.18. The number of amides is 2. The van der Waals surface area contributed by atoms with Crippen LogP contribution in [0.25, 0.3) is 0 Å². The van der Waals surface area contributed by atoms with Crippen LogP contribution in [0.5, 0.6) is 0 Å². The Bertz CT molecular complexity index is 952. The SMILES string of the molecule is Cc1cc(NC(=O)c2ccco2)sc1C(=O)NCc1ccc(Cl)cc1Cl. The van der Waals surface area contributed by atoms with E-state index in [4.69, 9.17) is 27.6 Å². The highest BCUT2D eigenvalue weighted by atomic mass is 35.5. The molecule has 0 saturated heterocycles. The molecule has 0 fully saturated rings. The van der Waals surface area contributed by atoms with Gasteiger partial charge in [-0.3, -0.25) is 9.59 Å². The van der Waals surface area contributed by atoms with E-state index in [1.54, 1.807) is 36.4 Å². The summed E-state index contributed by atoms with van der Waals surface area (Å²) in [5.74, 6) is -0.396. The molecule has 0 aliphatic heterocycles. The van der Waals surface area contributed by atoms with E-state index in [-0.39, 0.29) is 24.1 Å². The molecule has 0 bridgehead atoms. The van der Waals surface area contributed by atoms with Crippen molar-refractivity contribution in [1.29, 1.82) is 0 Å². The molecule has 26 heavy (non-hydrogen) atoms. The van der Waals surface area contributed by atoms with Crippen molar-refractivity contribution in [2.24, 2.45) is 0 Å². The van der Waals surface area contributed by atoms with Gasteiger partial charge in [-0.15, -0.1) is 11.3 Å². The zero-order valence-electron chi connectivity index (χ0n) is 13.6. The molecule has 2 heterocycles. The Morgan fingerprint density at radius 3 is 2.65 bits per heavy atom. The highest BCUT2D eigenvalue weighted by Gasteiger charge is 2.16. The molecule has 2 N–H and O–H groups in total. The monoisotopic (exact) mass is 408 g/mol. The van der Waals surface area contributed by atoms with Crippen molar-refractivity contribution >= 4 is 51.4 Å². The van der Waals surface area contributed by atoms with Gasteiger partial charge in [0.1, 0.15) is 0 Å². The Kier molecular flexibility index (Phi) is 5.66. The number of hydrogen-bond donors (Lipinski definition) is 2. The van der Waals surface area contributed by atoms with E-state index in [9.17, 15) is 9.59 Å². The van der Waals surface area contributed by atoms with Crippen LogP contribution < -0.4 is 10.6 Å². The number of benzene rings is 1. The van der Waals surface area contributed by atoms with Crippen molar-refractivity contribution in [3.63, 3.8) is 0 Å². The molecule has 0 aliphatic rings. The lowest BCUT2D eigenvalue weighted by molar-refractivity contribution is 0.0953. The summed E-state index contributed by atoms with van der Waals surface area (Å²) in [4.78, 5) is 25.0. The fraction of sp³-hybridized carbons (Fsp3) is 0.111. The van der Waals surface area contributed by atoms with Crippen molar-refractivity contribution in [3.8, 4) is 0 Å². The molecule has 2 amide bonds. The Morgan fingerprint density at radius 2 is 1.96 bits per heavy atom. The minimum absolute atomic E-state index is 0.208. The average Bonchev–Trinajstić information content (AvgIpc) is 3.23. The molecular formula is C18H14Cl2N2O3S. The fourth-order valence-corrected chi connectivity index (χ4v) is 3.73. The molecule has 0 saturated carbocycles. The maximum absolute atomic E-state index is 12.4. The van der Waals surface area contributed by atoms with Crippen molar-refractivity contribution < 1.29 is 14.0 Å². The van der Waals surface area contributed by atoms with Gasteiger partial charge in [-0.05, 0) is 48.4 Å². The van der Waals surface area contributed by atoms with Crippen LogP contribution in [0.15, 0.2) is 47.1 Å². The molecule has 0 atom stereocenters. The minimum atomic E-state index is -0.365. The largest absolute Gasteiger partial charge is 0.459 e. The second-order valence-electron chi connectivity index (χ2n) is 5.47. The predicted octanol–water partition coefficient (Wildman–Crippen LogP) is 5.14. The summed E-state index contributed by atoms with van der Waals surface area (Å²) in [6, 6.07) is 10.1. The van der Waals surface area contributed by atoms with Crippen molar-refractivity contribution in [2.75, 3.05) is 5.32 Å². The van der Waals surface area contributed by atoms with Gasteiger partial charge < -0.3 is 15.1 Å². The molecule has 3 rings (SSSR count). The lowest BCUT2D eigenvalue weighted by atomic mass is 10.2. The van der Waals surface area contributed by atoms with Crippen LogP contribution in [0.2, 0.25) is 10.0 Å². The van der Waals surface area contributed by atoms with Crippen LogP contribution in [-0.2, 0) is 6.54 Å². The lowest BCUT2D eigenvalue weighted by Crippen LogP contribution is -2.22. The number of aryl methyl sites for hydroxylation is 1. The Hall–Kier alpha value is -2.28. The topological polar surface area (TPSA) is 71.3 Å². The smallest absolute Gasteiger partial charge is 0.291 e. The highest BCUT2D eigenvalue weighted by molar-refractivity contribution is 7.18. The number of hydrogen-bond acceptors (Lipinski definition) is 4. The molecule has 0 aliphatic carbocycles. The van der Waals surface area contributed by atoms with E-state index in [1.165, 1.54) is 17.6 Å². The third-order valence-electron chi connectivity index (χ3n) is 3.56. The quantitative estimate of drug-likeness (QED) is 0.613. The molecule has 0 spiro atoms. The third kappa shape index (κ3) is 4.27. The maximum Gasteiger partial charge on any atom is 0.291 e. The first kappa shape index (κ1) is 18.5. The lowest BCUT2D eigenvalue weighted by Gasteiger charge is -2.07. The molecule has 3 aromatic rings. The first-order valence-electron chi connectivity index (χ1n) is 7.61. The molecule has 2 aromatic heterocycles. The summed E-state index contributed by atoms with van der Waals surface area (Å²) in [6.07, 6.45) is 1.43. The second-order valence-corrected chi connectivity index (χ2v) is 7.37. The number of halogens is 2. The number of thiophene rings is 1. The van der Waals surface area contributed by atoms with E-state index >= 15 is 0 Å². The van der Waals surface area contributed by atoms with E-state index in [1.807, 2.05) is 6.92 Å². The van der Waals surface area contributed by atoms with Crippen LogP contribution in [0.1, 0.15) is 31.4 Å². The molecular weight excluding hydrogens is 395 g/mol. The highest BCUT2D eigenvalue weighted by Crippen LogP contribution is 2.27. The van der Waals surface area contributed by atoms with Crippen LogP contribution in [0, 0.1) is 6.92 Å². The number of rotatable bonds is 5. The molecule has 8 heteroatoms. The molecule has 0 unspecified atom stereocenters. The maximum atomic E-state index is 12.4. The van der Waals surface area contributed by atoms with E-state index in [2.05, 4.69) is 10.6 Å². The zero-order valence-corrected chi connectivity index (χ0v) is 16.0. The molecule has 5 nitrogen and oxygen atoms in total. The van der Waals surface area contributed by atoms with Gasteiger partial charge in [-0.25, -0.2) is 0 Å². The van der Waals surface area contributed by atoms with E-state index in [0.717, 1.165) is 11.1 Å². The van der Waals surface area contributed by atoms with Gasteiger partial charge >= 0.3 is 0 Å².